The van der Waals surface area contributed by atoms with Crippen molar-refractivity contribution in [1.82, 2.24) is 35.0 Å². The van der Waals surface area contributed by atoms with Crippen LogP contribution in [0.2, 0.25) is 0 Å². The molecular formula is C26H32F7N7O2. The molecule has 0 spiro atoms. The molecular weight excluding hydrogens is 575 g/mol. The van der Waals surface area contributed by atoms with E-state index in [1.54, 1.807) is 6.07 Å². The Morgan fingerprint density at radius 3 is 2.21 bits per heavy atom. The van der Waals surface area contributed by atoms with Gasteiger partial charge in [-0.25, -0.2) is 18.3 Å². The molecule has 0 atom stereocenters. The maximum absolute atomic E-state index is 12.8. The van der Waals surface area contributed by atoms with Gasteiger partial charge in [0, 0.05) is 32.0 Å². The Balaban J connectivity index is 0.000000364. The van der Waals surface area contributed by atoms with Gasteiger partial charge in [0.2, 0.25) is 11.8 Å². The minimum absolute atomic E-state index is 0.0310. The SMILES string of the molecule is C1CC1.FC1(F)CCCCC1.O=C(CCC(F)(F)F)NCc1cnn2cc(CNC(=O)c3ccnn3C(F)F)nc2c1. The zero-order valence-corrected chi connectivity index (χ0v) is 22.6. The van der Waals surface area contributed by atoms with Crippen LogP contribution in [0, 0.1) is 0 Å². The molecule has 42 heavy (non-hydrogen) atoms. The summed E-state index contributed by atoms with van der Waals surface area (Å²) in [5, 5.41) is 12.3. The minimum atomic E-state index is -4.40. The van der Waals surface area contributed by atoms with E-state index in [-0.39, 0.29) is 36.3 Å². The molecule has 0 bridgehead atoms. The predicted octanol–water partition coefficient (Wildman–Crippen LogP) is 5.97. The van der Waals surface area contributed by atoms with Crippen LogP contribution in [-0.4, -0.2) is 48.3 Å². The number of hydrogen-bond donors (Lipinski definition) is 2. The van der Waals surface area contributed by atoms with Crippen molar-refractivity contribution < 1.29 is 40.3 Å². The monoisotopic (exact) mass is 607 g/mol. The van der Waals surface area contributed by atoms with Gasteiger partial charge in [-0.05, 0) is 30.5 Å². The Bertz CT molecular complexity index is 1290. The van der Waals surface area contributed by atoms with E-state index in [2.05, 4.69) is 25.8 Å². The molecule has 3 aromatic rings. The maximum Gasteiger partial charge on any atom is 0.389 e. The van der Waals surface area contributed by atoms with Crippen LogP contribution in [-0.2, 0) is 17.9 Å². The minimum Gasteiger partial charge on any atom is -0.352 e. The summed E-state index contributed by atoms with van der Waals surface area (Å²) in [5.74, 6) is -3.82. The van der Waals surface area contributed by atoms with Crippen molar-refractivity contribution in [3.8, 4) is 0 Å². The summed E-state index contributed by atoms with van der Waals surface area (Å²) in [5.41, 5.74) is 0.953. The van der Waals surface area contributed by atoms with Crippen LogP contribution in [0.15, 0.2) is 30.7 Å². The van der Waals surface area contributed by atoms with Gasteiger partial charge in [0.25, 0.3) is 5.91 Å². The molecule has 2 amide bonds. The van der Waals surface area contributed by atoms with Crippen molar-refractivity contribution in [2.75, 3.05) is 0 Å². The molecule has 3 heterocycles. The van der Waals surface area contributed by atoms with Crippen LogP contribution in [0.5, 0.6) is 0 Å². The van der Waals surface area contributed by atoms with Crippen LogP contribution in [0.3, 0.4) is 0 Å². The Hall–Kier alpha value is -3.72. The quantitative estimate of drug-likeness (QED) is 0.307. The molecule has 2 saturated carbocycles. The Morgan fingerprint density at radius 2 is 1.64 bits per heavy atom. The fourth-order valence-corrected chi connectivity index (χ4v) is 3.67. The molecule has 2 N–H and O–H groups in total. The van der Waals surface area contributed by atoms with Gasteiger partial charge in [-0.2, -0.15) is 36.8 Å². The number of imidazole rings is 1. The molecule has 232 valence electrons. The Labute approximate surface area is 236 Å². The van der Waals surface area contributed by atoms with Gasteiger partial charge in [-0.3, -0.25) is 9.59 Å². The first-order valence-electron chi connectivity index (χ1n) is 13.5. The van der Waals surface area contributed by atoms with Crippen LogP contribution in [0.4, 0.5) is 30.7 Å². The molecule has 0 aromatic carbocycles. The summed E-state index contributed by atoms with van der Waals surface area (Å²) in [6, 6.07) is 2.72. The van der Waals surface area contributed by atoms with Crippen molar-refractivity contribution in [3.63, 3.8) is 0 Å². The number of rotatable bonds is 8. The number of carbonyl (C=O) groups excluding carboxylic acids is 2. The molecule has 0 radical (unpaired) electrons. The van der Waals surface area contributed by atoms with Crippen molar-refractivity contribution in [3.05, 3.63) is 47.7 Å². The van der Waals surface area contributed by atoms with E-state index in [0.717, 1.165) is 18.7 Å². The summed E-state index contributed by atoms with van der Waals surface area (Å²) in [4.78, 5) is 27.8. The number of nitrogens with one attached hydrogen (secondary N) is 2. The van der Waals surface area contributed by atoms with Crippen molar-refractivity contribution in [2.45, 2.75) is 95.9 Å². The lowest BCUT2D eigenvalue weighted by Crippen LogP contribution is -2.26. The summed E-state index contributed by atoms with van der Waals surface area (Å²) in [7, 11) is 0. The van der Waals surface area contributed by atoms with Crippen LogP contribution in [0.25, 0.3) is 5.65 Å². The van der Waals surface area contributed by atoms with Crippen molar-refractivity contribution in [1.29, 1.82) is 0 Å². The number of alkyl halides is 7. The molecule has 2 fully saturated rings. The zero-order valence-electron chi connectivity index (χ0n) is 22.6. The number of halogens is 7. The second-order valence-corrected chi connectivity index (χ2v) is 9.89. The molecule has 0 unspecified atom stereocenters. The van der Waals surface area contributed by atoms with Gasteiger partial charge in [0.1, 0.15) is 5.69 Å². The van der Waals surface area contributed by atoms with Gasteiger partial charge in [0.15, 0.2) is 5.65 Å². The number of aromatic nitrogens is 5. The number of carbonyl (C=O) groups is 2. The highest BCUT2D eigenvalue weighted by molar-refractivity contribution is 5.92. The van der Waals surface area contributed by atoms with E-state index in [1.165, 1.54) is 36.2 Å². The summed E-state index contributed by atoms with van der Waals surface area (Å²) in [6.45, 7) is -3.06. The number of amides is 2. The first-order chi connectivity index (χ1) is 19.8. The van der Waals surface area contributed by atoms with Gasteiger partial charge >= 0.3 is 12.7 Å². The number of fused-ring (bicyclic) bond motifs is 1. The second-order valence-electron chi connectivity index (χ2n) is 9.89. The normalized spacial score (nSPS) is 15.7. The third-order valence-corrected chi connectivity index (χ3v) is 6.01. The topological polar surface area (TPSA) is 106 Å². The summed E-state index contributed by atoms with van der Waals surface area (Å²) >= 11 is 0. The first-order valence-corrected chi connectivity index (χ1v) is 13.5. The van der Waals surface area contributed by atoms with E-state index in [4.69, 9.17) is 0 Å². The van der Waals surface area contributed by atoms with Crippen molar-refractivity contribution >= 4 is 17.5 Å². The summed E-state index contributed by atoms with van der Waals surface area (Å²) < 4.78 is 88.1. The highest BCUT2D eigenvalue weighted by Gasteiger charge is 2.30. The maximum atomic E-state index is 12.8. The first kappa shape index (κ1) is 32.8. The Morgan fingerprint density at radius 1 is 0.976 bits per heavy atom. The van der Waals surface area contributed by atoms with Crippen LogP contribution >= 0.6 is 0 Å². The predicted molar refractivity (Wildman–Crippen MR) is 137 cm³/mol. The van der Waals surface area contributed by atoms with E-state index < -0.39 is 43.3 Å². The lowest BCUT2D eigenvalue weighted by molar-refractivity contribution is -0.144. The third-order valence-electron chi connectivity index (χ3n) is 6.01. The zero-order chi connectivity index (χ0) is 30.8. The number of nitrogens with zero attached hydrogens (tertiary/aromatic N) is 5. The van der Waals surface area contributed by atoms with Gasteiger partial charge < -0.3 is 10.6 Å². The molecule has 2 aliphatic rings. The van der Waals surface area contributed by atoms with Crippen molar-refractivity contribution in [2.24, 2.45) is 0 Å². The lowest BCUT2D eigenvalue weighted by atomic mass is 9.97. The van der Waals surface area contributed by atoms with Gasteiger partial charge in [0.05, 0.1) is 31.1 Å². The average Bonchev–Trinajstić information content (AvgIpc) is 3.62. The lowest BCUT2D eigenvalue weighted by Gasteiger charge is -2.20. The van der Waals surface area contributed by atoms with E-state index in [1.807, 2.05) is 0 Å². The standard InChI is InChI=1S/C17H16F5N7O2.C6H10F2.C3H6/c18-16(19)29-12(2-4-25-29)15(31)24-8-11-9-28-13(27-11)5-10(7-26-28)6-23-14(30)1-3-17(20,21)22;7-6(8)4-2-1-3-5-6;1-2-3-1/h2,4-5,7,9,16H,1,3,6,8H2,(H,23,30)(H,24,31);1-5H2;1-3H2. The van der Waals surface area contributed by atoms with E-state index in [9.17, 15) is 40.3 Å². The smallest absolute Gasteiger partial charge is 0.352 e. The highest BCUT2D eigenvalue weighted by Crippen LogP contribution is 2.32. The average molecular weight is 608 g/mol. The van der Waals surface area contributed by atoms with Gasteiger partial charge in [-0.15, -0.1) is 0 Å². The second kappa shape index (κ2) is 15.0. The molecule has 2 aliphatic carbocycles. The molecule has 16 heteroatoms. The number of hydrogen-bond acceptors (Lipinski definition) is 5. The Kier molecular flexibility index (Phi) is 11.7. The highest BCUT2D eigenvalue weighted by atomic mass is 19.4. The molecule has 9 nitrogen and oxygen atoms in total. The molecule has 5 rings (SSSR count). The fourth-order valence-electron chi connectivity index (χ4n) is 3.67. The summed E-state index contributed by atoms with van der Waals surface area (Å²) in [6.07, 6.45) is 4.88. The molecule has 3 aromatic heterocycles. The van der Waals surface area contributed by atoms with Gasteiger partial charge in [-0.1, -0.05) is 25.7 Å². The molecule has 0 aliphatic heterocycles. The molecule has 0 saturated heterocycles. The third kappa shape index (κ3) is 11.6. The largest absolute Gasteiger partial charge is 0.389 e. The van der Waals surface area contributed by atoms with Crippen LogP contribution < -0.4 is 10.6 Å². The van der Waals surface area contributed by atoms with Crippen LogP contribution in [0.1, 0.15) is 92.5 Å². The van der Waals surface area contributed by atoms with E-state index in [0.29, 0.717) is 29.7 Å². The fraction of sp³-hybridized carbons (Fsp3) is 0.577. The van der Waals surface area contributed by atoms with E-state index >= 15 is 0 Å².